The zero-order chi connectivity index (χ0) is 12.4. The lowest BCUT2D eigenvalue weighted by molar-refractivity contribution is -0.154. The SMILES string of the molecule is CC1CN(C(=O)[C@@H]2CC[C@H](CN)O2)CC(C)O1.Cl. The quantitative estimate of drug-likeness (QED) is 0.801. The van der Waals surface area contributed by atoms with E-state index in [9.17, 15) is 4.79 Å². The number of hydrogen-bond acceptors (Lipinski definition) is 4. The van der Waals surface area contributed by atoms with E-state index in [-0.39, 0.29) is 42.7 Å². The van der Waals surface area contributed by atoms with Crippen LogP contribution in [-0.4, -0.2) is 54.9 Å². The summed E-state index contributed by atoms with van der Waals surface area (Å²) >= 11 is 0. The first-order chi connectivity index (χ1) is 8.10. The van der Waals surface area contributed by atoms with E-state index in [2.05, 4.69) is 0 Å². The standard InChI is InChI=1S/C12H22N2O3.ClH/c1-8-6-14(7-9(2)16-8)12(15)11-4-3-10(5-13)17-11;/h8-11H,3-7,13H2,1-2H3;1H/t8?,9?,10-,11+;/m1./s1. The Balaban J connectivity index is 0.00000162. The normalized spacial score (nSPS) is 36.3. The molecule has 0 bridgehead atoms. The molecule has 18 heavy (non-hydrogen) atoms. The molecule has 0 aromatic rings. The van der Waals surface area contributed by atoms with Gasteiger partial charge in [-0.3, -0.25) is 4.79 Å². The Hall–Kier alpha value is -0.360. The van der Waals surface area contributed by atoms with Gasteiger partial charge in [-0.15, -0.1) is 12.4 Å². The highest BCUT2D eigenvalue weighted by Gasteiger charge is 2.35. The summed E-state index contributed by atoms with van der Waals surface area (Å²) < 4.78 is 11.3. The van der Waals surface area contributed by atoms with Gasteiger partial charge in [-0.2, -0.15) is 0 Å². The van der Waals surface area contributed by atoms with Gasteiger partial charge in [0.25, 0.3) is 5.91 Å². The van der Waals surface area contributed by atoms with Crippen LogP contribution in [0.25, 0.3) is 0 Å². The van der Waals surface area contributed by atoms with Gasteiger partial charge in [0.05, 0.1) is 18.3 Å². The fourth-order valence-electron chi connectivity index (χ4n) is 2.62. The monoisotopic (exact) mass is 278 g/mol. The fourth-order valence-corrected chi connectivity index (χ4v) is 2.62. The molecule has 0 aromatic heterocycles. The van der Waals surface area contributed by atoms with Gasteiger partial charge in [0.15, 0.2) is 0 Å². The van der Waals surface area contributed by atoms with Crippen LogP contribution >= 0.6 is 12.4 Å². The molecule has 0 spiro atoms. The molecule has 2 aliphatic rings. The van der Waals surface area contributed by atoms with Gasteiger partial charge >= 0.3 is 0 Å². The highest BCUT2D eigenvalue weighted by Crippen LogP contribution is 2.22. The number of amides is 1. The van der Waals surface area contributed by atoms with E-state index in [1.165, 1.54) is 0 Å². The fraction of sp³-hybridized carbons (Fsp3) is 0.917. The molecule has 6 heteroatoms. The van der Waals surface area contributed by atoms with Gasteiger partial charge in [-0.25, -0.2) is 0 Å². The molecule has 5 nitrogen and oxygen atoms in total. The lowest BCUT2D eigenvalue weighted by atomic mass is 10.1. The molecule has 0 saturated carbocycles. The zero-order valence-corrected chi connectivity index (χ0v) is 11.8. The first-order valence-electron chi connectivity index (χ1n) is 6.40. The van der Waals surface area contributed by atoms with Crippen LogP contribution in [0.15, 0.2) is 0 Å². The van der Waals surface area contributed by atoms with E-state index in [4.69, 9.17) is 15.2 Å². The van der Waals surface area contributed by atoms with Crippen LogP contribution in [0.2, 0.25) is 0 Å². The molecule has 2 aliphatic heterocycles. The minimum Gasteiger partial charge on any atom is -0.372 e. The van der Waals surface area contributed by atoms with Gasteiger partial charge in [0.1, 0.15) is 6.10 Å². The third-order valence-corrected chi connectivity index (χ3v) is 3.38. The van der Waals surface area contributed by atoms with Crippen LogP contribution in [0.4, 0.5) is 0 Å². The number of carbonyl (C=O) groups excluding carboxylic acids is 1. The predicted molar refractivity (Wildman–Crippen MR) is 70.8 cm³/mol. The highest BCUT2D eigenvalue weighted by atomic mass is 35.5. The molecule has 4 atom stereocenters. The van der Waals surface area contributed by atoms with Crippen molar-refractivity contribution in [2.45, 2.75) is 51.1 Å². The van der Waals surface area contributed by atoms with Crippen molar-refractivity contribution in [3.8, 4) is 0 Å². The summed E-state index contributed by atoms with van der Waals surface area (Å²) in [6.45, 7) is 5.81. The van der Waals surface area contributed by atoms with E-state index in [1.807, 2.05) is 18.7 Å². The molecule has 2 rings (SSSR count). The molecule has 2 N–H and O–H groups in total. The summed E-state index contributed by atoms with van der Waals surface area (Å²) in [5.74, 6) is 0.1000. The first kappa shape index (κ1) is 15.7. The molecule has 2 heterocycles. The predicted octanol–water partition coefficient (Wildman–Crippen LogP) is 0.550. The number of ether oxygens (including phenoxy) is 2. The van der Waals surface area contributed by atoms with Gasteiger partial charge < -0.3 is 20.1 Å². The Morgan fingerprint density at radius 1 is 1.22 bits per heavy atom. The summed E-state index contributed by atoms with van der Waals surface area (Å²) in [5.41, 5.74) is 5.55. The second-order valence-corrected chi connectivity index (χ2v) is 5.06. The minimum atomic E-state index is -0.291. The number of carbonyl (C=O) groups is 1. The van der Waals surface area contributed by atoms with Gasteiger partial charge in [0.2, 0.25) is 0 Å². The summed E-state index contributed by atoms with van der Waals surface area (Å²) in [5, 5.41) is 0. The third-order valence-electron chi connectivity index (χ3n) is 3.38. The third kappa shape index (κ3) is 3.57. The molecule has 0 radical (unpaired) electrons. The minimum absolute atomic E-state index is 0. The number of rotatable bonds is 2. The van der Waals surface area contributed by atoms with Crippen molar-refractivity contribution in [3.63, 3.8) is 0 Å². The highest BCUT2D eigenvalue weighted by molar-refractivity contribution is 5.85. The second-order valence-electron chi connectivity index (χ2n) is 5.06. The molecule has 106 valence electrons. The van der Waals surface area contributed by atoms with Gasteiger partial charge in [-0.1, -0.05) is 0 Å². The maximum atomic E-state index is 12.3. The van der Waals surface area contributed by atoms with E-state index in [1.54, 1.807) is 0 Å². The Morgan fingerprint density at radius 2 is 1.83 bits per heavy atom. The van der Waals surface area contributed by atoms with Crippen LogP contribution in [0, 0.1) is 0 Å². The zero-order valence-electron chi connectivity index (χ0n) is 11.0. The van der Waals surface area contributed by atoms with Crippen LogP contribution in [-0.2, 0) is 14.3 Å². The molecule has 2 saturated heterocycles. The number of hydrogen-bond donors (Lipinski definition) is 1. The van der Waals surface area contributed by atoms with Crippen molar-refractivity contribution in [1.82, 2.24) is 4.90 Å². The smallest absolute Gasteiger partial charge is 0.251 e. The van der Waals surface area contributed by atoms with E-state index in [0.717, 1.165) is 12.8 Å². The van der Waals surface area contributed by atoms with Crippen LogP contribution in [0.1, 0.15) is 26.7 Å². The number of nitrogens with two attached hydrogens (primary N) is 1. The second kappa shape index (κ2) is 6.70. The Kier molecular flexibility index (Phi) is 5.85. The van der Waals surface area contributed by atoms with Crippen molar-refractivity contribution in [2.24, 2.45) is 5.73 Å². The Labute approximate surface area is 114 Å². The van der Waals surface area contributed by atoms with E-state index < -0.39 is 0 Å². The number of nitrogens with zero attached hydrogens (tertiary/aromatic N) is 1. The maximum Gasteiger partial charge on any atom is 0.251 e. The summed E-state index contributed by atoms with van der Waals surface area (Å²) in [7, 11) is 0. The molecule has 1 amide bonds. The van der Waals surface area contributed by atoms with Crippen molar-refractivity contribution in [2.75, 3.05) is 19.6 Å². The lowest BCUT2D eigenvalue weighted by Gasteiger charge is -2.36. The van der Waals surface area contributed by atoms with Gasteiger partial charge in [-0.05, 0) is 26.7 Å². The van der Waals surface area contributed by atoms with Gasteiger partial charge in [0, 0.05) is 19.6 Å². The first-order valence-corrected chi connectivity index (χ1v) is 6.40. The van der Waals surface area contributed by atoms with Crippen LogP contribution in [0.3, 0.4) is 0 Å². The van der Waals surface area contributed by atoms with E-state index in [0.29, 0.717) is 19.6 Å². The maximum absolute atomic E-state index is 12.3. The molecule has 2 unspecified atom stereocenters. The Morgan fingerprint density at radius 3 is 2.33 bits per heavy atom. The van der Waals surface area contributed by atoms with Crippen molar-refractivity contribution >= 4 is 18.3 Å². The van der Waals surface area contributed by atoms with Crippen molar-refractivity contribution < 1.29 is 14.3 Å². The lowest BCUT2D eigenvalue weighted by Crippen LogP contribution is -2.51. The van der Waals surface area contributed by atoms with Crippen molar-refractivity contribution in [1.29, 1.82) is 0 Å². The molecular weight excluding hydrogens is 256 g/mol. The average Bonchev–Trinajstić information content (AvgIpc) is 2.75. The Bertz CT molecular complexity index is 280. The summed E-state index contributed by atoms with van der Waals surface area (Å²) in [6, 6.07) is 0. The number of morpholine rings is 1. The summed E-state index contributed by atoms with van der Waals surface area (Å²) in [4.78, 5) is 14.1. The molecular formula is C12H23ClN2O3. The number of halogens is 1. The van der Waals surface area contributed by atoms with Crippen LogP contribution < -0.4 is 5.73 Å². The summed E-state index contributed by atoms with van der Waals surface area (Å²) in [6.07, 6.45) is 1.66. The molecule has 2 fully saturated rings. The topological polar surface area (TPSA) is 64.8 Å². The van der Waals surface area contributed by atoms with Crippen LogP contribution in [0.5, 0.6) is 0 Å². The van der Waals surface area contributed by atoms with Crippen molar-refractivity contribution in [3.05, 3.63) is 0 Å². The largest absolute Gasteiger partial charge is 0.372 e. The average molecular weight is 279 g/mol. The molecule has 0 aromatic carbocycles. The molecule has 0 aliphatic carbocycles. The van der Waals surface area contributed by atoms with E-state index >= 15 is 0 Å².